The van der Waals surface area contributed by atoms with E-state index in [1.54, 1.807) is 0 Å². The lowest BCUT2D eigenvalue weighted by atomic mass is 9.86. The van der Waals surface area contributed by atoms with Gasteiger partial charge in [0.25, 0.3) is 0 Å². The molecular weight excluding hydrogens is 673 g/mol. The highest BCUT2D eigenvalue weighted by Crippen LogP contribution is 2.40. The number of anilines is 1. The van der Waals surface area contributed by atoms with Crippen LogP contribution in [0.2, 0.25) is 0 Å². The number of unbranched alkanes of at least 4 members (excludes halogenated alkanes) is 30. The second kappa shape index (κ2) is 30.8. The van der Waals surface area contributed by atoms with E-state index in [1.165, 1.54) is 202 Å². The van der Waals surface area contributed by atoms with Crippen molar-refractivity contribution in [3.05, 3.63) is 53.6 Å². The monoisotopic (exact) mass is 759 g/mol. The molecule has 3 N–H and O–H groups in total. The fourth-order valence-electron chi connectivity index (χ4n) is 8.93. The molecule has 1 aliphatic rings. The molecule has 0 aliphatic heterocycles. The Hall–Kier alpha value is -2.33. The topological polar surface area (TPSA) is 61.4 Å². The average Bonchev–Trinajstić information content (AvgIpc) is 3.58. The van der Waals surface area contributed by atoms with Crippen LogP contribution >= 0.6 is 0 Å². The summed E-state index contributed by atoms with van der Waals surface area (Å²) in [5, 5.41) is 10.8. The van der Waals surface area contributed by atoms with E-state index >= 15 is 0 Å². The number of carbonyl (C=O) groups is 1. The van der Waals surface area contributed by atoms with Gasteiger partial charge in [-0.25, -0.2) is 5.43 Å². The van der Waals surface area contributed by atoms with Gasteiger partial charge in [0.2, 0.25) is 0 Å². The Morgan fingerprint density at radius 1 is 0.491 bits per heavy atom. The van der Waals surface area contributed by atoms with Gasteiger partial charge in [0.1, 0.15) is 5.54 Å². The minimum Gasteiger partial charge on any atom is -0.480 e. The molecule has 3 rings (SSSR count). The molecule has 2 aromatic carbocycles. The van der Waals surface area contributed by atoms with Gasteiger partial charge in [-0.3, -0.25) is 4.79 Å². The average molecular weight is 759 g/mol. The third-order valence-corrected chi connectivity index (χ3v) is 12.6. The highest BCUT2D eigenvalue weighted by Gasteiger charge is 2.37. The third-order valence-electron chi connectivity index (χ3n) is 12.6. The van der Waals surface area contributed by atoms with Crippen LogP contribution in [0.1, 0.15) is 243 Å². The predicted octanol–water partition coefficient (Wildman–Crippen LogP) is 16.3. The van der Waals surface area contributed by atoms with E-state index in [1.807, 2.05) is 0 Å². The lowest BCUT2D eigenvalue weighted by Gasteiger charge is -2.32. The molecule has 0 amide bonds. The molecule has 0 radical (unpaired) electrons. The Kier molecular flexibility index (Phi) is 26.3. The van der Waals surface area contributed by atoms with E-state index in [9.17, 15) is 9.90 Å². The molecule has 0 heterocycles. The largest absolute Gasteiger partial charge is 0.480 e. The van der Waals surface area contributed by atoms with Gasteiger partial charge in [-0.05, 0) is 41.2 Å². The van der Waals surface area contributed by atoms with E-state index in [4.69, 9.17) is 0 Å². The van der Waals surface area contributed by atoms with Gasteiger partial charge in [0.15, 0.2) is 0 Å². The van der Waals surface area contributed by atoms with Crippen LogP contribution < -0.4 is 10.9 Å². The molecule has 0 aromatic heterocycles. The van der Waals surface area contributed by atoms with Crippen molar-refractivity contribution in [2.75, 3.05) is 5.43 Å². The zero-order chi connectivity index (χ0) is 39.1. The summed E-state index contributed by atoms with van der Waals surface area (Å²) in [5.41, 5.74) is 12.2. The highest BCUT2D eigenvalue weighted by molar-refractivity contribution is 5.82. The summed E-state index contributed by atoms with van der Waals surface area (Å²) >= 11 is 0. The van der Waals surface area contributed by atoms with Crippen molar-refractivity contribution in [3.8, 4) is 11.1 Å². The first-order chi connectivity index (χ1) is 27.1. The molecule has 2 aromatic rings. The van der Waals surface area contributed by atoms with Crippen molar-refractivity contribution in [3.63, 3.8) is 0 Å². The number of hydrazine groups is 1. The molecule has 0 saturated heterocycles. The van der Waals surface area contributed by atoms with Crippen LogP contribution in [0.15, 0.2) is 42.5 Å². The first kappa shape index (κ1) is 47.0. The summed E-state index contributed by atoms with van der Waals surface area (Å²) in [4.78, 5) is 13.1. The van der Waals surface area contributed by atoms with Crippen molar-refractivity contribution in [1.29, 1.82) is 0 Å². The van der Waals surface area contributed by atoms with Gasteiger partial charge in [-0.15, -0.1) is 0 Å². The zero-order valence-electron chi connectivity index (χ0n) is 36.1. The van der Waals surface area contributed by atoms with E-state index in [0.717, 1.165) is 37.8 Å². The van der Waals surface area contributed by atoms with E-state index in [0.29, 0.717) is 12.8 Å². The summed E-state index contributed by atoms with van der Waals surface area (Å²) < 4.78 is 0. The molecule has 0 unspecified atom stereocenters. The molecule has 0 fully saturated rings. The lowest BCUT2D eigenvalue weighted by molar-refractivity contribution is -0.145. The molecule has 4 heteroatoms. The van der Waals surface area contributed by atoms with E-state index in [-0.39, 0.29) is 0 Å². The molecule has 4 nitrogen and oxygen atoms in total. The summed E-state index contributed by atoms with van der Waals surface area (Å²) in [5.74, 6) is -0.710. The number of hydrogen-bond acceptors (Lipinski definition) is 3. The maximum atomic E-state index is 13.1. The summed E-state index contributed by atoms with van der Waals surface area (Å²) in [6.07, 6.45) is 44.8. The zero-order valence-corrected chi connectivity index (χ0v) is 36.1. The fraction of sp³-hybridized carbons (Fsp3) is 0.745. The maximum Gasteiger partial charge on any atom is 0.325 e. The van der Waals surface area contributed by atoms with Crippen molar-refractivity contribution < 1.29 is 9.90 Å². The second-order valence-electron chi connectivity index (χ2n) is 17.4. The highest BCUT2D eigenvalue weighted by atomic mass is 16.4. The number of nitrogens with one attached hydrogen (secondary N) is 2. The van der Waals surface area contributed by atoms with Gasteiger partial charge in [-0.2, -0.15) is 0 Å². The third kappa shape index (κ3) is 19.6. The van der Waals surface area contributed by atoms with Crippen LogP contribution in [0.3, 0.4) is 0 Å². The van der Waals surface area contributed by atoms with Gasteiger partial charge < -0.3 is 10.5 Å². The number of benzene rings is 2. The first-order valence-corrected chi connectivity index (χ1v) is 24.1. The molecule has 0 saturated carbocycles. The Balaban J connectivity index is 1.37. The van der Waals surface area contributed by atoms with Crippen LogP contribution in [0.25, 0.3) is 11.1 Å². The minimum absolute atomic E-state index is 0.668. The molecule has 0 atom stereocenters. The van der Waals surface area contributed by atoms with Crippen LogP contribution in [0, 0.1) is 0 Å². The van der Waals surface area contributed by atoms with Crippen LogP contribution in [0.5, 0.6) is 0 Å². The first-order valence-electron chi connectivity index (χ1n) is 24.1. The van der Waals surface area contributed by atoms with Crippen molar-refractivity contribution in [2.45, 2.75) is 244 Å². The van der Waals surface area contributed by atoms with E-state index < -0.39 is 11.5 Å². The number of aliphatic carboxylic acids is 1. The Morgan fingerprint density at radius 2 is 0.855 bits per heavy atom. The minimum atomic E-state index is -0.958. The summed E-state index contributed by atoms with van der Waals surface area (Å²) in [7, 11) is 0. The summed E-state index contributed by atoms with van der Waals surface area (Å²) in [6, 6.07) is 15.0. The Bertz CT molecular complexity index is 1200. The fourth-order valence-corrected chi connectivity index (χ4v) is 8.93. The molecule has 0 spiro atoms. The quantitative estimate of drug-likeness (QED) is 0.0402. The van der Waals surface area contributed by atoms with Gasteiger partial charge in [-0.1, -0.05) is 256 Å². The normalized spacial score (nSPS) is 12.3. The smallest absolute Gasteiger partial charge is 0.325 e. The maximum absolute atomic E-state index is 13.1. The number of fused-ring (bicyclic) bond motifs is 3. The molecule has 312 valence electrons. The van der Waals surface area contributed by atoms with Crippen molar-refractivity contribution in [2.24, 2.45) is 0 Å². The molecule has 55 heavy (non-hydrogen) atoms. The lowest BCUT2D eigenvalue weighted by Crippen LogP contribution is -2.54. The van der Waals surface area contributed by atoms with Crippen LogP contribution in [-0.4, -0.2) is 16.6 Å². The van der Waals surface area contributed by atoms with Gasteiger partial charge in [0.05, 0.1) is 5.69 Å². The van der Waals surface area contributed by atoms with E-state index in [2.05, 4.69) is 67.2 Å². The van der Waals surface area contributed by atoms with Gasteiger partial charge >= 0.3 is 5.97 Å². The van der Waals surface area contributed by atoms with Gasteiger partial charge in [0, 0.05) is 6.42 Å². The van der Waals surface area contributed by atoms with Crippen LogP contribution in [-0.2, 0) is 11.2 Å². The Morgan fingerprint density at radius 3 is 1.25 bits per heavy atom. The Labute approximate surface area is 340 Å². The molecular formula is C51H86N2O2. The number of rotatable bonds is 38. The predicted molar refractivity (Wildman–Crippen MR) is 240 cm³/mol. The molecule has 1 aliphatic carbocycles. The van der Waals surface area contributed by atoms with Crippen LogP contribution in [0.4, 0.5) is 5.69 Å². The standard InChI is InChI=1S/C51H86N2O2/c1-3-5-7-9-11-13-15-17-19-21-23-25-27-29-31-35-42-51(50(54)55,43-36-32-30-28-26-24-22-20-18-16-14-12-10-8-6-4-2)53-52-49-41-37-40-47-46-39-34-33-38-45(46)44-48(47)49/h33-34,37-41,52-53H,3-32,35-36,42-44H2,1-2H3,(H,54,55). The number of carboxylic acids is 1. The second-order valence-corrected chi connectivity index (χ2v) is 17.4. The molecule has 0 bridgehead atoms. The SMILES string of the molecule is CCCCCCCCCCCCCCCCCCC(CCCCCCCCCCCCCCCCCC)(NNc1cccc2c1Cc1ccccc1-2)C(=O)O. The van der Waals surface area contributed by atoms with Crippen molar-refractivity contribution >= 4 is 11.7 Å². The number of hydrogen-bond donors (Lipinski definition) is 3. The van der Waals surface area contributed by atoms with Crippen molar-refractivity contribution in [1.82, 2.24) is 5.43 Å². The summed E-state index contributed by atoms with van der Waals surface area (Å²) in [6.45, 7) is 4.58. The number of carboxylic acid groups (broad SMARTS) is 1.